The molecule has 2 N–H and O–H groups in total. The van der Waals surface area contributed by atoms with E-state index in [0.717, 1.165) is 5.56 Å². The second-order valence-electron chi connectivity index (χ2n) is 4.94. The first-order chi connectivity index (χ1) is 9.77. The van der Waals surface area contributed by atoms with Gasteiger partial charge in [0.25, 0.3) is 0 Å². The summed E-state index contributed by atoms with van der Waals surface area (Å²) in [6.07, 6.45) is 0. The molecule has 7 heteroatoms. The number of benzene rings is 1. The van der Waals surface area contributed by atoms with E-state index in [1.165, 1.54) is 13.0 Å². The second kappa shape index (κ2) is 7.42. The normalized spacial score (nSPS) is 11.5. The summed E-state index contributed by atoms with van der Waals surface area (Å²) < 4.78 is 32.1. The maximum absolute atomic E-state index is 12.2. The first-order valence-corrected chi connectivity index (χ1v) is 8.18. The minimum Gasteiger partial charge on any atom is -0.496 e. The predicted molar refractivity (Wildman–Crippen MR) is 81.0 cm³/mol. The van der Waals surface area contributed by atoms with Gasteiger partial charge in [0, 0.05) is 20.0 Å². The Bertz CT molecular complexity index is 597. The smallest absolute Gasteiger partial charge is 0.240 e. The van der Waals surface area contributed by atoms with Gasteiger partial charge >= 0.3 is 0 Å². The summed E-state index contributed by atoms with van der Waals surface area (Å²) in [5.41, 5.74) is 0.835. The number of hydrogen-bond acceptors (Lipinski definition) is 4. The highest BCUT2D eigenvalue weighted by atomic mass is 32.2. The topological polar surface area (TPSA) is 84.5 Å². The maximum Gasteiger partial charge on any atom is 0.240 e. The molecule has 0 aromatic heterocycles. The lowest BCUT2D eigenvalue weighted by Crippen LogP contribution is -2.33. The summed E-state index contributed by atoms with van der Waals surface area (Å²) in [5, 5.41) is 2.53. The van der Waals surface area contributed by atoms with Gasteiger partial charge in [0.15, 0.2) is 0 Å². The van der Waals surface area contributed by atoms with Crippen LogP contribution in [0.4, 0.5) is 0 Å². The van der Waals surface area contributed by atoms with Crippen molar-refractivity contribution in [2.75, 3.05) is 20.2 Å². The molecule has 0 saturated heterocycles. The highest BCUT2D eigenvalue weighted by molar-refractivity contribution is 7.89. The van der Waals surface area contributed by atoms with Crippen LogP contribution in [0.1, 0.15) is 32.3 Å². The molecule has 0 aliphatic carbocycles. The fourth-order valence-corrected chi connectivity index (χ4v) is 2.90. The van der Waals surface area contributed by atoms with Crippen molar-refractivity contribution in [2.45, 2.75) is 31.6 Å². The summed E-state index contributed by atoms with van der Waals surface area (Å²) >= 11 is 0. The highest BCUT2D eigenvalue weighted by Crippen LogP contribution is 2.28. The van der Waals surface area contributed by atoms with Gasteiger partial charge in [-0.2, -0.15) is 0 Å². The Morgan fingerprint density at radius 1 is 1.29 bits per heavy atom. The molecule has 1 amide bonds. The number of nitrogens with one attached hydrogen (secondary N) is 2. The fraction of sp³-hybridized carbons (Fsp3) is 0.500. The maximum atomic E-state index is 12.2. The standard InChI is InChI=1S/C14H22N2O4S/c1-10(2)13-9-12(5-6-14(13)20-4)21(18,19)16-8-7-15-11(3)17/h5-6,9-10,16H,7-8H2,1-4H3,(H,15,17). The van der Waals surface area contributed by atoms with E-state index in [2.05, 4.69) is 10.0 Å². The molecule has 118 valence electrons. The van der Waals surface area contributed by atoms with Crippen LogP contribution in [0, 0.1) is 0 Å². The van der Waals surface area contributed by atoms with Crippen LogP contribution in [0.15, 0.2) is 23.1 Å². The quantitative estimate of drug-likeness (QED) is 0.742. The van der Waals surface area contributed by atoms with Crippen LogP contribution in [-0.4, -0.2) is 34.5 Å². The first kappa shape index (κ1) is 17.5. The van der Waals surface area contributed by atoms with Crippen molar-refractivity contribution in [1.82, 2.24) is 10.0 Å². The third-order valence-corrected chi connectivity index (χ3v) is 4.38. The number of carbonyl (C=O) groups excluding carboxylic acids is 1. The van der Waals surface area contributed by atoms with Gasteiger partial charge < -0.3 is 10.1 Å². The van der Waals surface area contributed by atoms with Crippen LogP contribution in [0.3, 0.4) is 0 Å². The Balaban J connectivity index is 2.88. The third kappa shape index (κ3) is 5.02. The molecule has 0 unspecified atom stereocenters. The van der Waals surface area contributed by atoms with Crippen LogP contribution in [-0.2, 0) is 14.8 Å². The molecule has 1 aromatic rings. The van der Waals surface area contributed by atoms with Gasteiger partial charge in [-0.15, -0.1) is 0 Å². The predicted octanol–water partition coefficient (Wildman–Crippen LogP) is 1.23. The van der Waals surface area contributed by atoms with Crippen LogP contribution in [0.5, 0.6) is 5.75 Å². The highest BCUT2D eigenvalue weighted by Gasteiger charge is 2.17. The Morgan fingerprint density at radius 2 is 1.95 bits per heavy atom. The van der Waals surface area contributed by atoms with Gasteiger partial charge in [-0.3, -0.25) is 4.79 Å². The van der Waals surface area contributed by atoms with Gasteiger partial charge in [0.1, 0.15) is 5.75 Å². The van der Waals surface area contributed by atoms with E-state index in [1.54, 1.807) is 19.2 Å². The largest absolute Gasteiger partial charge is 0.496 e. The minimum absolute atomic E-state index is 0.144. The SMILES string of the molecule is COc1ccc(S(=O)(=O)NCCNC(C)=O)cc1C(C)C. The monoisotopic (exact) mass is 314 g/mol. The van der Waals surface area contributed by atoms with Gasteiger partial charge in [-0.05, 0) is 29.7 Å². The van der Waals surface area contributed by atoms with E-state index in [1.807, 2.05) is 13.8 Å². The van der Waals surface area contributed by atoms with Crippen molar-refractivity contribution in [3.63, 3.8) is 0 Å². The number of methoxy groups -OCH3 is 1. The second-order valence-corrected chi connectivity index (χ2v) is 6.71. The molecular formula is C14H22N2O4S. The summed E-state index contributed by atoms with van der Waals surface area (Å²) in [5.74, 6) is 0.623. The molecule has 0 radical (unpaired) electrons. The third-order valence-electron chi connectivity index (χ3n) is 2.92. The van der Waals surface area contributed by atoms with E-state index in [0.29, 0.717) is 5.75 Å². The van der Waals surface area contributed by atoms with Gasteiger partial charge in [-0.1, -0.05) is 13.8 Å². The summed E-state index contributed by atoms with van der Waals surface area (Å²) in [7, 11) is -2.04. The molecule has 21 heavy (non-hydrogen) atoms. The van der Waals surface area contributed by atoms with Crippen molar-refractivity contribution in [3.8, 4) is 5.75 Å². The minimum atomic E-state index is -3.60. The van der Waals surface area contributed by atoms with Crippen LogP contribution < -0.4 is 14.8 Å². The Labute approximate surface area is 125 Å². The zero-order valence-corrected chi connectivity index (χ0v) is 13.6. The first-order valence-electron chi connectivity index (χ1n) is 6.70. The number of carbonyl (C=O) groups is 1. The molecule has 0 spiro atoms. The Hall–Kier alpha value is -1.60. The van der Waals surface area contributed by atoms with E-state index >= 15 is 0 Å². The molecule has 1 aromatic carbocycles. The summed E-state index contributed by atoms with van der Waals surface area (Å²) in [6.45, 7) is 5.72. The van der Waals surface area contributed by atoms with E-state index in [4.69, 9.17) is 4.74 Å². The van der Waals surface area contributed by atoms with Gasteiger partial charge in [-0.25, -0.2) is 13.1 Å². The van der Waals surface area contributed by atoms with Crippen LogP contribution in [0.25, 0.3) is 0 Å². The molecule has 1 rings (SSSR count). The molecule has 0 saturated carbocycles. The van der Waals surface area contributed by atoms with E-state index in [9.17, 15) is 13.2 Å². The zero-order valence-electron chi connectivity index (χ0n) is 12.8. The summed E-state index contributed by atoms with van der Waals surface area (Å²) in [4.78, 5) is 10.9. The van der Waals surface area contributed by atoms with Gasteiger partial charge in [0.2, 0.25) is 15.9 Å². The van der Waals surface area contributed by atoms with E-state index < -0.39 is 10.0 Å². The van der Waals surface area contributed by atoms with Crippen LogP contribution >= 0.6 is 0 Å². The number of hydrogen-bond donors (Lipinski definition) is 2. The van der Waals surface area contributed by atoms with Crippen molar-refractivity contribution in [1.29, 1.82) is 0 Å². The van der Waals surface area contributed by atoms with Crippen molar-refractivity contribution in [2.24, 2.45) is 0 Å². The average molecular weight is 314 g/mol. The number of ether oxygens (including phenoxy) is 1. The lowest BCUT2D eigenvalue weighted by molar-refractivity contribution is -0.118. The summed E-state index contributed by atoms with van der Waals surface area (Å²) in [6, 6.07) is 4.77. The molecule has 6 nitrogen and oxygen atoms in total. The molecule has 0 bridgehead atoms. The number of amides is 1. The van der Waals surface area contributed by atoms with Crippen molar-refractivity contribution < 1.29 is 17.9 Å². The molecule has 0 heterocycles. The molecule has 0 fully saturated rings. The van der Waals surface area contributed by atoms with Crippen molar-refractivity contribution in [3.05, 3.63) is 23.8 Å². The Kier molecular flexibility index (Phi) is 6.17. The molecule has 0 aliphatic heterocycles. The lowest BCUT2D eigenvalue weighted by atomic mass is 10.0. The van der Waals surface area contributed by atoms with Gasteiger partial charge in [0.05, 0.1) is 12.0 Å². The van der Waals surface area contributed by atoms with E-state index in [-0.39, 0.29) is 29.8 Å². The molecule has 0 aliphatic rings. The molecule has 0 atom stereocenters. The average Bonchev–Trinajstić information content (AvgIpc) is 2.42. The zero-order chi connectivity index (χ0) is 16.0. The number of sulfonamides is 1. The molecular weight excluding hydrogens is 292 g/mol. The van der Waals surface area contributed by atoms with Crippen molar-refractivity contribution >= 4 is 15.9 Å². The Morgan fingerprint density at radius 3 is 2.48 bits per heavy atom. The fourth-order valence-electron chi connectivity index (χ4n) is 1.84. The van der Waals surface area contributed by atoms with Crippen LogP contribution in [0.2, 0.25) is 0 Å². The lowest BCUT2D eigenvalue weighted by Gasteiger charge is -2.14. The number of rotatable bonds is 7.